The summed E-state index contributed by atoms with van der Waals surface area (Å²) in [5.74, 6) is 0.928. The topological polar surface area (TPSA) is 85.0 Å². The minimum Gasteiger partial charge on any atom is -0.459 e. The lowest BCUT2D eigenvalue weighted by Crippen LogP contribution is -2.37. The van der Waals surface area contributed by atoms with Gasteiger partial charge in [-0.2, -0.15) is 5.10 Å². The predicted molar refractivity (Wildman–Crippen MR) is 85.7 cm³/mol. The molecule has 0 bridgehead atoms. The van der Waals surface area contributed by atoms with Crippen LogP contribution in [0.3, 0.4) is 0 Å². The zero-order chi connectivity index (χ0) is 17.3. The summed E-state index contributed by atoms with van der Waals surface area (Å²) in [7, 11) is 1.75. The van der Waals surface area contributed by atoms with Gasteiger partial charge in [-0.25, -0.2) is 14.2 Å². The van der Waals surface area contributed by atoms with E-state index < -0.39 is 0 Å². The zero-order valence-corrected chi connectivity index (χ0v) is 13.6. The van der Waals surface area contributed by atoms with E-state index >= 15 is 0 Å². The maximum atomic E-state index is 13.4. The van der Waals surface area contributed by atoms with Crippen molar-refractivity contribution in [3.8, 4) is 0 Å². The fraction of sp³-hybridized carbons (Fsp3) is 0.312. The molecule has 1 atom stereocenters. The van der Waals surface area contributed by atoms with Crippen molar-refractivity contribution in [3.63, 3.8) is 0 Å². The molecule has 3 rings (SSSR count). The van der Waals surface area contributed by atoms with E-state index in [9.17, 15) is 9.18 Å². The maximum absolute atomic E-state index is 13.4. The molecule has 2 heterocycles. The smallest absolute Gasteiger partial charge is 0.315 e. The molecule has 0 radical (unpaired) electrons. The third-order valence-corrected chi connectivity index (χ3v) is 3.89. The first-order valence-electron chi connectivity index (χ1n) is 7.51. The molecule has 2 N–H and O–H groups in total. The third kappa shape index (κ3) is 3.08. The zero-order valence-electron chi connectivity index (χ0n) is 13.6. The number of hydrogen-bond donors (Lipinski definition) is 2. The third-order valence-electron chi connectivity index (χ3n) is 3.89. The number of nitrogens with one attached hydrogen (secondary N) is 2. The van der Waals surface area contributed by atoms with Crippen LogP contribution in [0, 0.1) is 12.7 Å². The lowest BCUT2D eigenvalue weighted by atomic mass is 10.1. The molecule has 0 spiro atoms. The number of hydrogen-bond acceptors (Lipinski definition) is 4. The van der Waals surface area contributed by atoms with Gasteiger partial charge in [0, 0.05) is 18.0 Å². The van der Waals surface area contributed by atoms with Crippen molar-refractivity contribution < 1.29 is 13.6 Å². The summed E-state index contributed by atoms with van der Waals surface area (Å²) in [5.41, 5.74) is 1.41. The van der Waals surface area contributed by atoms with Crippen molar-refractivity contribution in [2.45, 2.75) is 26.4 Å². The van der Waals surface area contributed by atoms with Gasteiger partial charge < -0.3 is 15.1 Å². The van der Waals surface area contributed by atoms with Crippen molar-refractivity contribution in [3.05, 3.63) is 47.5 Å². The van der Waals surface area contributed by atoms with Gasteiger partial charge in [0.2, 0.25) is 0 Å². The molecule has 2 aromatic heterocycles. The van der Waals surface area contributed by atoms with Gasteiger partial charge in [0.1, 0.15) is 29.3 Å². The van der Waals surface area contributed by atoms with E-state index in [4.69, 9.17) is 4.42 Å². The second-order valence-corrected chi connectivity index (χ2v) is 5.58. The van der Waals surface area contributed by atoms with E-state index in [1.54, 1.807) is 17.8 Å². The van der Waals surface area contributed by atoms with Crippen LogP contribution in [0.4, 0.5) is 9.18 Å². The Kier molecular flexibility index (Phi) is 4.20. The Bertz CT molecular complexity index is 886. The van der Waals surface area contributed by atoms with E-state index in [-0.39, 0.29) is 24.4 Å². The molecule has 0 aliphatic carbocycles. The maximum Gasteiger partial charge on any atom is 0.315 e. The molecule has 2 amide bonds. The summed E-state index contributed by atoms with van der Waals surface area (Å²) in [5, 5.41) is 10.2. The van der Waals surface area contributed by atoms with Crippen molar-refractivity contribution in [1.29, 1.82) is 0 Å². The molecule has 3 aromatic rings. The number of amides is 2. The van der Waals surface area contributed by atoms with Gasteiger partial charge in [0.15, 0.2) is 0 Å². The highest BCUT2D eigenvalue weighted by molar-refractivity contribution is 5.82. The second-order valence-electron chi connectivity index (χ2n) is 5.58. The first-order chi connectivity index (χ1) is 11.5. The van der Waals surface area contributed by atoms with Gasteiger partial charge in [-0.1, -0.05) is 0 Å². The Hall–Kier alpha value is -2.90. The molecular formula is C16H18FN5O2. The standard InChI is InChI=1S/C16H18FN5O2/c1-9-12-6-11(17)4-5-13(12)24-15(9)10(2)21-16(23)18-7-14-19-8-20-22(14)3/h4-6,8,10H,7H2,1-3H3,(H2,18,21,23). The number of nitrogens with zero attached hydrogens (tertiary/aromatic N) is 3. The van der Waals surface area contributed by atoms with Crippen molar-refractivity contribution in [2.24, 2.45) is 7.05 Å². The Morgan fingerprint density at radius 1 is 1.46 bits per heavy atom. The van der Waals surface area contributed by atoms with Crippen LogP contribution in [-0.4, -0.2) is 20.8 Å². The number of halogens is 1. The molecule has 0 aliphatic rings. The molecule has 0 fully saturated rings. The highest BCUT2D eigenvalue weighted by atomic mass is 19.1. The van der Waals surface area contributed by atoms with Crippen LogP contribution in [0.5, 0.6) is 0 Å². The molecule has 0 saturated heterocycles. The molecule has 126 valence electrons. The summed E-state index contributed by atoms with van der Waals surface area (Å²) < 4.78 is 20.7. The predicted octanol–water partition coefficient (Wildman–Crippen LogP) is 2.57. The Morgan fingerprint density at radius 2 is 2.25 bits per heavy atom. The van der Waals surface area contributed by atoms with Crippen LogP contribution in [0.25, 0.3) is 11.0 Å². The van der Waals surface area contributed by atoms with Crippen LogP contribution in [0.2, 0.25) is 0 Å². The van der Waals surface area contributed by atoms with Crippen molar-refractivity contribution in [2.75, 3.05) is 0 Å². The number of benzene rings is 1. The minimum absolute atomic E-state index is 0.263. The van der Waals surface area contributed by atoms with E-state index in [0.29, 0.717) is 22.6 Å². The monoisotopic (exact) mass is 331 g/mol. The SMILES string of the molecule is Cc1c(C(C)NC(=O)NCc2ncnn2C)oc2ccc(F)cc12. The lowest BCUT2D eigenvalue weighted by Gasteiger charge is -2.13. The van der Waals surface area contributed by atoms with Crippen LogP contribution in [-0.2, 0) is 13.6 Å². The van der Waals surface area contributed by atoms with Gasteiger partial charge in [0.05, 0.1) is 12.6 Å². The Labute approximate surface area is 137 Å². The van der Waals surface area contributed by atoms with Gasteiger partial charge in [0.25, 0.3) is 0 Å². The van der Waals surface area contributed by atoms with E-state index in [2.05, 4.69) is 20.7 Å². The molecular weight excluding hydrogens is 313 g/mol. The molecule has 7 nitrogen and oxygen atoms in total. The van der Waals surface area contributed by atoms with Gasteiger partial charge in [-0.3, -0.25) is 4.68 Å². The fourth-order valence-corrected chi connectivity index (χ4v) is 2.58. The fourth-order valence-electron chi connectivity index (χ4n) is 2.58. The Morgan fingerprint density at radius 3 is 2.96 bits per heavy atom. The summed E-state index contributed by atoms with van der Waals surface area (Å²) in [6.45, 7) is 3.92. The van der Waals surface area contributed by atoms with Crippen molar-refractivity contribution >= 4 is 17.0 Å². The molecule has 0 aliphatic heterocycles. The second kappa shape index (κ2) is 6.31. The van der Waals surface area contributed by atoms with Crippen LogP contribution >= 0.6 is 0 Å². The number of aryl methyl sites for hydroxylation is 2. The number of carbonyl (C=O) groups is 1. The van der Waals surface area contributed by atoms with E-state index in [1.165, 1.54) is 18.5 Å². The number of fused-ring (bicyclic) bond motifs is 1. The number of furan rings is 1. The molecule has 8 heteroatoms. The molecule has 1 unspecified atom stereocenters. The number of aromatic nitrogens is 3. The van der Waals surface area contributed by atoms with Crippen LogP contribution < -0.4 is 10.6 Å². The number of rotatable bonds is 4. The average molecular weight is 331 g/mol. The summed E-state index contributed by atoms with van der Waals surface area (Å²) >= 11 is 0. The number of urea groups is 1. The normalized spacial score (nSPS) is 12.3. The summed E-state index contributed by atoms with van der Waals surface area (Å²) in [6.07, 6.45) is 1.43. The molecule has 1 aromatic carbocycles. The molecule has 0 saturated carbocycles. The Balaban J connectivity index is 1.68. The van der Waals surface area contributed by atoms with Crippen molar-refractivity contribution in [1.82, 2.24) is 25.4 Å². The number of carbonyl (C=O) groups excluding carboxylic acids is 1. The molecule has 24 heavy (non-hydrogen) atoms. The first-order valence-corrected chi connectivity index (χ1v) is 7.51. The first kappa shape index (κ1) is 16.0. The van der Waals surface area contributed by atoms with Gasteiger partial charge in [-0.05, 0) is 32.0 Å². The highest BCUT2D eigenvalue weighted by Crippen LogP contribution is 2.29. The quantitative estimate of drug-likeness (QED) is 0.769. The van der Waals surface area contributed by atoms with Crippen LogP contribution in [0.15, 0.2) is 28.9 Å². The summed E-state index contributed by atoms with van der Waals surface area (Å²) in [4.78, 5) is 16.1. The van der Waals surface area contributed by atoms with E-state index in [1.807, 2.05) is 13.8 Å². The minimum atomic E-state index is -0.361. The van der Waals surface area contributed by atoms with Gasteiger partial charge in [-0.15, -0.1) is 0 Å². The highest BCUT2D eigenvalue weighted by Gasteiger charge is 2.19. The van der Waals surface area contributed by atoms with Gasteiger partial charge >= 0.3 is 6.03 Å². The average Bonchev–Trinajstić information content (AvgIpc) is 3.09. The summed E-state index contributed by atoms with van der Waals surface area (Å²) in [6, 6.07) is 3.65. The largest absolute Gasteiger partial charge is 0.459 e. The lowest BCUT2D eigenvalue weighted by molar-refractivity contribution is 0.235. The van der Waals surface area contributed by atoms with Crippen LogP contribution in [0.1, 0.15) is 30.1 Å². The van der Waals surface area contributed by atoms with E-state index in [0.717, 1.165) is 5.56 Å².